The minimum absolute atomic E-state index is 0.0638. The molecule has 1 aromatic carbocycles. The summed E-state index contributed by atoms with van der Waals surface area (Å²) in [5.74, 6) is -3.16. The Morgan fingerprint density at radius 3 is 2.59 bits per heavy atom. The van der Waals surface area contributed by atoms with Crippen LogP contribution in [0.3, 0.4) is 0 Å². The van der Waals surface area contributed by atoms with Crippen LogP contribution in [0.2, 0.25) is 0 Å². The molecule has 3 N–H and O–H groups in total. The lowest BCUT2D eigenvalue weighted by Gasteiger charge is -2.23. The van der Waals surface area contributed by atoms with E-state index in [1.165, 1.54) is 17.6 Å². The summed E-state index contributed by atoms with van der Waals surface area (Å²) in [7, 11) is 1.57. The predicted molar refractivity (Wildman–Crippen MR) is 130 cm³/mol. The molecule has 0 radical (unpaired) electrons. The van der Waals surface area contributed by atoms with Gasteiger partial charge in [-0.3, -0.25) is 19.0 Å². The molecule has 4 aromatic rings. The van der Waals surface area contributed by atoms with Gasteiger partial charge in [-0.15, -0.1) is 0 Å². The molecule has 194 valence electrons. The second-order valence-electron chi connectivity index (χ2n) is 9.60. The topological polar surface area (TPSA) is 153 Å². The number of benzene rings is 1. The summed E-state index contributed by atoms with van der Waals surface area (Å²) in [4.78, 5) is 54.0. The van der Waals surface area contributed by atoms with E-state index in [2.05, 4.69) is 26.0 Å². The van der Waals surface area contributed by atoms with Crippen LogP contribution in [-0.4, -0.2) is 48.5 Å². The maximum absolute atomic E-state index is 14.3. The molecule has 0 aliphatic rings. The second kappa shape index (κ2) is 9.48. The molecule has 0 bridgehead atoms. The predicted octanol–water partition coefficient (Wildman–Crippen LogP) is 1.28. The van der Waals surface area contributed by atoms with E-state index in [1.807, 2.05) is 0 Å². The minimum atomic E-state index is -0.915. The molecule has 13 heteroatoms. The normalized spacial score (nSPS) is 12.5. The molecule has 0 aliphatic carbocycles. The Bertz CT molecular complexity index is 1590. The van der Waals surface area contributed by atoms with Crippen molar-refractivity contribution >= 4 is 34.5 Å². The first-order valence-corrected chi connectivity index (χ1v) is 11.4. The van der Waals surface area contributed by atoms with Gasteiger partial charge in [0.05, 0.1) is 11.7 Å². The van der Waals surface area contributed by atoms with Gasteiger partial charge in [0.1, 0.15) is 17.4 Å². The zero-order valence-electron chi connectivity index (χ0n) is 20.9. The number of fused-ring (bicyclic) bond motifs is 2. The van der Waals surface area contributed by atoms with Crippen molar-refractivity contribution in [2.75, 3.05) is 0 Å². The van der Waals surface area contributed by atoms with Gasteiger partial charge < -0.3 is 20.4 Å². The average molecular weight is 512 g/mol. The van der Waals surface area contributed by atoms with Gasteiger partial charge >= 0.3 is 5.76 Å². The Kier molecular flexibility index (Phi) is 6.55. The summed E-state index contributed by atoms with van der Waals surface area (Å²) in [6.07, 6.45) is 0.876. The number of nitrogens with one attached hydrogen (secondary N) is 3. The number of rotatable bonds is 6. The van der Waals surface area contributed by atoms with Crippen LogP contribution in [0.15, 0.2) is 39.7 Å². The lowest BCUT2D eigenvalue weighted by molar-refractivity contribution is -0.124. The first kappa shape index (κ1) is 25.5. The molecule has 0 saturated heterocycles. The molecular weight excluding hydrogens is 485 g/mol. The molecular formula is C24H26FN7O5. The number of amides is 3. The van der Waals surface area contributed by atoms with Crippen molar-refractivity contribution in [3.8, 4) is 0 Å². The SMILES string of the molecule is C[C@H](NC(=O)c1cc(C(=O)NCc2ccc3oc(=O)n(C)c3c2)nc2c(F)cnn12)C(=O)NC(C)(C)C. The van der Waals surface area contributed by atoms with Crippen LogP contribution < -0.4 is 21.7 Å². The van der Waals surface area contributed by atoms with Crippen LogP contribution in [0.4, 0.5) is 4.39 Å². The molecule has 1 atom stereocenters. The Morgan fingerprint density at radius 1 is 1.16 bits per heavy atom. The van der Waals surface area contributed by atoms with Crippen molar-refractivity contribution < 1.29 is 23.2 Å². The number of nitrogens with zero attached hydrogens (tertiary/aromatic N) is 4. The number of hydrogen-bond acceptors (Lipinski definition) is 7. The zero-order valence-corrected chi connectivity index (χ0v) is 20.9. The van der Waals surface area contributed by atoms with Crippen molar-refractivity contribution in [3.05, 3.63) is 63.8 Å². The summed E-state index contributed by atoms with van der Waals surface area (Å²) in [5.41, 5.74) is 0.413. The highest BCUT2D eigenvalue weighted by Gasteiger charge is 2.24. The maximum Gasteiger partial charge on any atom is 0.419 e. The van der Waals surface area contributed by atoms with Gasteiger partial charge in [-0.1, -0.05) is 6.07 Å². The van der Waals surface area contributed by atoms with Crippen molar-refractivity contribution in [3.63, 3.8) is 0 Å². The van der Waals surface area contributed by atoms with Crippen LogP contribution in [0, 0.1) is 5.82 Å². The summed E-state index contributed by atoms with van der Waals surface area (Å²) in [5, 5.41) is 11.8. The van der Waals surface area contributed by atoms with E-state index in [4.69, 9.17) is 4.42 Å². The standard InChI is InChI=1S/C24H26FN7O5/c1-12(20(33)30-24(2,3)4)28-22(35)17-9-15(29-19-14(25)11-27-32(17)19)21(34)26-10-13-6-7-18-16(8-13)31(5)23(36)37-18/h6-9,11-12H,10H2,1-5H3,(H,26,34)(H,28,35)(H,30,33)/t12-/m0/s1. The molecule has 0 unspecified atom stereocenters. The lowest BCUT2D eigenvalue weighted by Crippen LogP contribution is -2.51. The van der Waals surface area contributed by atoms with Gasteiger partial charge in [-0.2, -0.15) is 5.10 Å². The van der Waals surface area contributed by atoms with Crippen molar-refractivity contribution in [1.82, 2.24) is 35.1 Å². The highest BCUT2D eigenvalue weighted by atomic mass is 19.1. The van der Waals surface area contributed by atoms with Gasteiger partial charge in [-0.05, 0) is 45.4 Å². The average Bonchev–Trinajstić information content (AvgIpc) is 3.34. The first-order valence-electron chi connectivity index (χ1n) is 11.4. The number of oxazole rings is 1. The third-order valence-corrected chi connectivity index (χ3v) is 5.44. The zero-order chi connectivity index (χ0) is 27.1. The van der Waals surface area contributed by atoms with E-state index in [0.29, 0.717) is 16.7 Å². The van der Waals surface area contributed by atoms with Crippen molar-refractivity contribution in [2.45, 2.75) is 45.8 Å². The molecule has 0 fully saturated rings. The number of hydrogen-bond donors (Lipinski definition) is 3. The Labute approximate surface area is 209 Å². The van der Waals surface area contributed by atoms with Crippen LogP contribution in [0.25, 0.3) is 16.7 Å². The Hall–Kier alpha value is -4.55. The molecule has 0 spiro atoms. The van der Waals surface area contributed by atoms with Crippen LogP contribution in [0.5, 0.6) is 0 Å². The summed E-state index contributed by atoms with van der Waals surface area (Å²) in [6.45, 7) is 6.97. The Balaban J connectivity index is 1.56. The van der Waals surface area contributed by atoms with Gasteiger partial charge in [0.2, 0.25) is 5.91 Å². The lowest BCUT2D eigenvalue weighted by atomic mass is 10.1. The molecule has 3 aromatic heterocycles. The summed E-state index contributed by atoms with van der Waals surface area (Å²) in [6, 6.07) is 5.24. The third kappa shape index (κ3) is 5.34. The molecule has 0 aliphatic heterocycles. The quantitative estimate of drug-likeness (QED) is 0.352. The molecule has 37 heavy (non-hydrogen) atoms. The number of carbonyl (C=O) groups excluding carboxylic acids is 3. The number of aromatic nitrogens is 4. The van der Waals surface area contributed by atoms with Gasteiger partial charge in [0, 0.05) is 25.2 Å². The minimum Gasteiger partial charge on any atom is -0.408 e. The fourth-order valence-electron chi connectivity index (χ4n) is 3.58. The second-order valence-corrected chi connectivity index (χ2v) is 9.60. The van der Waals surface area contributed by atoms with Gasteiger partial charge in [0.15, 0.2) is 17.0 Å². The maximum atomic E-state index is 14.3. The highest BCUT2D eigenvalue weighted by Crippen LogP contribution is 2.15. The molecule has 3 heterocycles. The van der Waals surface area contributed by atoms with E-state index in [0.717, 1.165) is 10.7 Å². The fourth-order valence-corrected chi connectivity index (χ4v) is 3.58. The van der Waals surface area contributed by atoms with Crippen molar-refractivity contribution in [1.29, 1.82) is 0 Å². The summed E-state index contributed by atoms with van der Waals surface area (Å²) >= 11 is 0. The van der Waals surface area contributed by atoms with Gasteiger partial charge in [-0.25, -0.2) is 18.7 Å². The van der Waals surface area contributed by atoms with Crippen LogP contribution in [0.1, 0.15) is 54.2 Å². The van der Waals surface area contributed by atoms with E-state index in [9.17, 15) is 23.6 Å². The smallest absolute Gasteiger partial charge is 0.408 e. The van der Waals surface area contributed by atoms with Gasteiger partial charge in [0.25, 0.3) is 11.8 Å². The largest absolute Gasteiger partial charge is 0.419 e. The van der Waals surface area contributed by atoms with E-state index in [1.54, 1.807) is 46.0 Å². The summed E-state index contributed by atoms with van der Waals surface area (Å²) < 4.78 is 21.7. The van der Waals surface area contributed by atoms with Crippen LogP contribution in [-0.2, 0) is 18.4 Å². The van der Waals surface area contributed by atoms with Crippen LogP contribution >= 0.6 is 0 Å². The number of aryl methyl sites for hydroxylation is 1. The molecule has 4 rings (SSSR count). The Morgan fingerprint density at radius 2 is 1.89 bits per heavy atom. The number of halogens is 1. The fraction of sp³-hybridized carbons (Fsp3) is 0.333. The molecule has 3 amide bonds. The monoisotopic (exact) mass is 511 g/mol. The molecule has 12 nitrogen and oxygen atoms in total. The van der Waals surface area contributed by atoms with E-state index in [-0.39, 0.29) is 23.6 Å². The highest BCUT2D eigenvalue weighted by molar-refractivity contribution is 6.00. The first-order chi connectivity index (χ1) is 17.3. The van der Waals surface area contributed by atoms with E-state index >= 15 is 0 Å². The number of carbonyl (C=O) groups is 3. The van der Waals surface area contributed by atoms with E-state index < -0.39 is 40.9 Å². The van der Waals surface area contributed by atoms with Crippen molar-refractivity contribution in [2.24, 2.45) is 7.05 Å². The third-order valence-electron chi connectivity index (χ3n) is 5.44. The molecule has 0 saturated carbocycles.